The molecule has 0 amide bonds. The maximum Gasteiger partial charge on any atom is 0.182 e. The number of aromatic hydroxyl groups is 1. The Morgan fingerprint density at radius 1 is 0.895 bits per heavy atom. The highest BCUT2D eigenvalue weighted by Gasteiger charge is 2.28. The first-order valence-electron chi connectivity index (χ1n) is 13.0. The number of ketones is 1. The summed E-state index contributed by atoms with van der Waals surface area (Å²) < 4.78 is 14.0. The Bertz CT molecular complexity index is 1520. The summed E-state index contributed by atoms with van der Waals surface area (Å²) in [5, 5.41) is 12.7. The predicted molar refractivity (Wildman–Crippen MR) is 151 cm³/mol. The number of carbonyl (C=O) groups excluding carboxylic acids is 1. The van der Waals surface area contributed by atoms with Gasteiger partial charge in [-0.1, -0.05) is 65.8 Å². The second-order valence-corrected chi connectivity index (χ2v) is 12.2. The van der Waals surface area contributed by atoms with E-state index in [2.05, 4.69) is 0 Å². The van der Waals surface area contributed by atoms with Gasteiger partial charge in [-0.2, -0.15) is 0 Å². The molecule has 0 aliphatic carbocycles. The zero-order valence-corrected chi connectivity index (χ0v) is 23.0. The van der Waals surface area contributed by atoms with Crippen LogP contribution in [0.25, 0.3) is 10.8 Å². The van der Waals surface area contributed by atoms with E-state index in [1.807, 2.05) is 96.3 Å². The van der Waals surface area contributed by atoms with E-state index in [4.69, 9.17) is 15.2 Å². The number of nitrogens with zero attached hydrogens (tertiary/aromatic N) is 1. The molecule has 6 nitrogen and oxygen atoms in total. The van der Waals surface area contributed by atoms with Gasteiger partial charge in [-0.25, -0.2) is 0 Å². The highest BCUT2D eigenvalue weighted by Crippen LogP contribution is 2.41. The van der Waals surface area contributed by atoms with E-state index in [-0.39, 0.29) is 28.9 Å². The lowest BCUT2D eigenvalue weighted by Gasteiger charge is -2.28. The number of phenols is 1. The first-order valence-corrected chi connectivity index (χ1v) is 13.0. The van der Waals surface area contributed by atoms with Crippen LogP contribution < -0.4 is 15.2 Å². The number of hydrogen-bond acceptors (Lipinski definition) is 5. The van der Waals surface area contributed by atoms with Gasteiger partial charge >= 0.3 is 0 Å². The SMILES string of the molecule is CC(C)(C)c1cc(C(=O)Cn2cc3cc4c(cc3c2N)OCc2ccccc2CO4)cc(C(C)(C)C)c1O. The minimum Gasteiger partial charge on any atom is -0.507 e. The second kappa shape index (κ2) is 9.12. The molecule has 5 rings (SSSR count). The van der Waals surface area contributed by atoms with Gasteiger partial charge < -0.3 is 24.9 Å². The zero-order valence-electron chi connectivity index (χ0n) is 23.0. The smallest absolute Gasteiger partial charge is 0.182 e. The van der Waals surface area contributed by atoms with Crippen LogP contribution in [0.4, 0.5) is 5.82 Å². The zero-order chi connectivity index (χ0) is 27.4. The highest BCUT2D eigenvalue weighted by atomic mass is 16.5. The van der Waals surface area contributed by atoms with Crippen molar-refractivity contribution in [1.82, 2.24) is 4.57 Å². The number of benzene rings is 3. The average molecular weight is 513 g/mol. The van der Waals surface area contributed by atoms with E-state index >= 15 is 0 Å². The summed E-state index contributed by atoms with van der Waals surface area (Å²) >= 11 is 0. The van der Waals surface area contributed by atoms with Gasteiger partial charge in [0.25, 0.3) is 0 Å². The van der Waals surface area contributed by atoms with Gasteiger partial charge in [-0.05, 0) is 46.2 Å². The molecule has 0 atom stereocenters. The minimum atomic E-state index is -0.322. The molecule has 0 spiro atoms. The molecule has 6 heteroatoms. The molecule has 0 unspecified atom stereocenters. The number of ether oxygens (including phenoxy) is 2. The Kier molecular flexibility index (Phi) is 6.17. The maximum absolute atomic E-state index is 13.6. The Labute approximate surface area is 224 Å². The Morgan fingerprint density at radius 3 is 1.95 bits per heavy atom. The number of anilines is 1. The number of nitrogen functional groups attached to an aromatic ring is 1. The highest BCUT2D eigenvalue weighted by molar-refractivity contribution is 5.99. The molecule has 0 bridgehead atoms. The molecule has 2 heterocycles. The predicted octanol–water partition coefficient (Wildman–Crippen LogP) is 6.88. The van der Waals surface area contributed by atoms with Crippen molar-refractivity contribution >= 4 is 22.4 Å². The number of nitrogens with two attached hydrogens (primary N) is 1. The van der Waals surface area contributed by atoms with Gasteiger partial charge in [0.1, 0.15) is 24.8 Å². The van der Waals surface area contributed by atoms with Crippen LogP contribution in [0.1, 0.15) is 74.2 Å². The van der Waals surface area contributed by atoms with E-state index in [1.165, 1.54) is 0 Å². The molecular formula is C32H36N2O4. The molecule has 198 valence electrons. The third kappa shape index (κ3) is 4.71. The van der Waals surface area contributed by atoms with Crippen LogP contribution in [0.3, 0.4) is 0 Å². The van der Waals surface area contributed by atoms with Gasteiger partial charge in [-0.3, -0.25) is 4.79 Å². The van der Waals surface area contributed by atoms with Gasteiger partial charge in [-0.15, -0.1) is 0 Å². The third-order valence-corrected chi connectivity index (χ3v) is 7.24. The Morgan fingerprint density at radius 2 is 1.42 bits per heavy atom. The lowest BCUT2D eigenvalue weighted by Crippen LogP contribution is -2.20. The van der Waals surface area contributed by atoms with Crippen molar-refractivity contribution in [2.75, 3.05) is 5.73 Å². The van der Waals surface area contributed by atoms with Crippen molar-refractivity contribution in [3.63, 3.8) is 0 Å². The van der Waals surface area contributed by atoms with Crippen LogP contribution in [0.2, 0.25) is 0 Å². The number of carbonyl (C=O) groups is 1. The molecule has 4 aromatic rings. The standard InChI is InChI=1S/C32H36N2O4/c1-31(2,3)24-11-21(12-25(29(24)36)32(4,5)6)26(35)16-34-15-22-13-27-28(14-23(22)30(34)33)38-18-20-10-8-7-9-19(20)17-37-27/h7-15,36H,16-18,33H2,1-6H3. The summed E-state index contributed by atoms with van der Waals surface area (Å²) in [6.45, 7) is 13.2. The lowest BCUT2D eigenvalue weighted by atomic mass is 9.78. The van der Waals surface area contributed by atoms with Crippen LogP contribution in [-0.4, -0.2) is 15.5 Å². The fraction of sp³-hybridized carbons (Fsp3) is 0.344. The number of rotatable bonds is 3. The van der Waals surface area contributed by atoms with Crippen LogP contribution in [0, 0.1) is 0 Å². The van der Waals surface area contributed by atoms with Crippen molar-refractivity contribution in [2.45, 2.75) is 72.1 Å². The van der Waals surface area contributed by atoms with Crippen molar-refractivity contribution in [3.8, 4) is 17.2 Å². The monoisotopic (exact) mass is 512 g/mol. The van der Waals surface area contributed by atoms with E-state index < -0.39 is 0 Å². The van der Waals surface area contributed by atoms with Gasteiger partial charge in [0.05, 0.1) is 6.54 Å². The molecular weight excluding hydrogens is 476 g/mol. The fourth-order valence-electron chi connectivity index (χ4n) is 4.99. The maximum atomic E-state index is 13.6. The number of aromatic nitrogens is 1. The second-order valence-electron chi connectivity index (χ2n) is 12.2. The summed E-state index contributed by atoms with van der Waals surface area (Å²) in [5.41, 5.74) is 10.2. The van der Waals surface area contributed by atoms with Crippen LogP contribution >= 0.6 is 0 Å². The van der Waals surface area contributed by atoms with E-state index in [0.29, 0.717) is 36.1 Å². The summed E-state index contributed by atoms with van der Waals surface area (Å²) in [5.74, 6) is 1.96. The van der Waals surface area contributed by atoms with Crippen molar-refractivity contribution < 1.29 is 19.4 Å². The molecule has 1 aromatic heterocycles. The van der Waals surface area contributed by atoms with E-state index in [1.54, 1.807) is 4.57 Å². The van der Waals surface area contributed by atoms with Crippen molar-refractivity contribution in [3.05, 3.63) is 82.5 Å². The number of hydrogen-bond donors (Lipinski definition) is 2. The molecule has 38 heavy (non-hydrogen) atoms. The van der Waals surface area contributed by atoms with E-state index in [9.17, 15) is 9.90 Å². The first-order chi connectivity index (χ1) is 17.8. The van der Waals surface area contributed by atoms with Gasteiger partial charge in [0, 0.05) is 33.7 Å². The average Bonchev–Trinajstić information content (AvgIpc) is 3.12. The number of phenolic OH excluding ortho intramolecular Hbond substituents is 1. The molecule has 0 saturated heterocycles. The number of Topliss-reactive ketones (excluding diaryl/α,β-unsaturated/α-hetero) is 1. The first kappa shape index (κ1) is 25.7. The topological polar surface area (TPSA) is 86.7 Å². The summed E-state index contributed by atoms with van der Waals surface area (Å²) in [7, 11) is 0. The summed E-state index contributed by atoms with van der Waals surface area (Å²) in [6.07, 6.45) is 1.88. The molecule has 1 aliphatic heterocycles. The summed E-state index contributed by atoms with van der Waals surface area (Å²) in [6, 6.07) is 15.5. The Balaban J connectivity index is 1.49. The fourth-order valence-corrected chi connectivity index (χ4v) is 4.99. The lowest BCUT2D eigenvalue weighted by molar-refractivity contribution is 0.0972. The molecule has 0 radical (unpaired) electrons. The summed E-state index contributed by atoms with van der Waals surface area (Å²) in [4.78, 5) is 13.6. The molecule has 3 N–H and O–H groups in total. The van der Waals surface area contributed by atoms with Gasteiger partial charge in [0.2, 0.25) is 0 Å². The quantitative estimate of drug-likeness (QED) is 0.292. The van der Waals surface area contributed by atoms with Crippen LogP contribution in [-0.2, 0) is 30.6 Å². The largest absolute Gasteiger partial charge is 0.507 e. The van der Waals surface area contributed by atoms with E-state index in [0.717, 1.165) is 33.0 Å². The normalized spacial score (nSPS) is 13.6. The van der Waals surface area contributed by atoms with Gasteiger partial charge in [0.15, 0.2) is 17.3 Å². The molecule has 0 fully saturated rings. The van der Waals surface area contributed by atoms with Crippen LogP contribution in [0.15, 0.2) is 54.7 Å². The third-order valence-electron chi connectivity index (χ3n) is 7.24. The van der Waals surface area contributed by atoms with Crippen LogP contribution in [0.5, 0.6) is 17.2 Å². The van der Waals surface area contributed by atoms with Crippen molar-refractivity contribution in [2.24, 2.45) is 0 Å². The number of fused-ring (bicyclic) bond motifs is 3. The minimum absolute atomic E-state index is 0.0747. The van der Waals surface area contributed by atoms with Crippen molar-refractivity contribution in [1.29, 1.82) is 0 Å². The Hall–Kier alpha value is -3.93. The molecule has 0 saturated carbocycles. The molecule has 1 aliphatic rings. The molecule has 3 aromatic carbocycles.